The van der Waals surface area contributed by atoms with Crippen molar-refractivity contribution in [1.29, 1.82) is 0 Å². The molecule has 1 aromatic rings. The van der Waals surface area contributed by atoms with Crippen LogP contribution in [-0.4, -0.2) is 27.5 Å². The Kier molecular flexibility index (Phi) is 6.38. The lowest BCUT2D eigenvalue weighted by Crippen LogP contribution is -2.62. The number of hydrogen-bond donors (Lipinski definition) is 1. The van der Waals surface area contributed by atoms with Crippen LogP contribution < -0.4 is 4.74 Å². The molecular weight excluding hydrogens is 382 g/mol. The molecule has 2 aliphatic rings. The standard InChI is InChI=1S/C24H37NO5/c1-6-7-8-9-13-22(2,3)17-10-11-19-20-16-18(30-25(27)28)12-14-24(20,26)23(4,5)29-21(19)15-17/h10-11,15,18,20,26H,6-9,12-14,16H2,1-5H3/t18-,20-,24-/m1/s1. The lowest BCUT2D eigenvalue weighted by Gasteiger charge is -2.54. The van der Waals surface area contributed by atoms with E-state index in [1.54, 1.807) is 0 Å². The van der Waals surface area contributed by atoms with Gasteiger partial charge in [0.25, 0.3) is 5.09 Å². The maximum absolute atomic E-state index is 11.6. The van der Waals surface area contributed by atoms with Crippen molar-refractivity contribution in [3.8, 4) is 5.75 Å². The highest BCUT2D eigenvalue weighted by Gasteiger charge is 2.58. The number of nitrogens with zero attached hydrogens (tertiary/aromatic N) is 1. The van der Waals surface area contributed by atoms with Gasteiger partial charge in [0.2, 0.25) is 0 Å². The van der Waals surface area contributed by atoms with Gasteiger partial charge in [-0.05, 0) is 56.6 Å². The summed E-state index contributed by atoms with van der Waals surface area (Å²) in [6.45, 7) is 10.6. The number of ether oxygens (including phenoxy) is 1. The molecule has 0 amide bonds. The number of rotatable bonds is 8. The molecular formula is C24H37NO5. The molecule has 168 valence electrons. The van der Waals surface area contributed by atoms with Crippen molar-refractivity contribution >= 4 is 0 Å². The molecule has 6 nitrogen and oxygen atoms in total. The zero-order valence-electron chi connectivity index (χ0n) is 19.1. The second-order valence-corrected chi connectivity index (χ2v) is 10.3. The second-order valence-electron chi connectivity index (χ2n) is 10.3. The summed E-state index contributed by atoms with van der Waals surface area (Å²) in [5, 5.41) is 21.7. The molecule has 1 heterocycles. The summed E-state index contributed by atoms with van der Waals surface area (Å²) in [5.41, 5.74) is 0.335. The molecule has 1 fully saturated rings. The highest BCUT2D eigenvalue weighted by atomic mass is 17.0. The van der Waals surface area contributed by atoms with Gasteiger partial charge in [-0.1, -0.05) is 58.6 Å². The molecule has 1 aromatic carbocycles. The van der Waals surface area contributed by atoms with E-state index in [2.05, 4.69) is 39.0 Å². The third-order valence-corrected chi connectivity index (χ3v) is 7.39. The van der Waals surface area contributed by atoms with Crippen LogP contribution in [0.15, 0.2) is 18.2 Å². The number of benzene rings is 1. The van der Waals surface area contributed by atoms with Crippen molar-refractivity contribution in [2.24, 2.45) is 0 Å². The molecule has 1 N–H and O–H groups in total. The van der Waals surface area contributed by atoms with Gasteiger partial charge in [0.15, 0.2) is 0 Å². The molecule has 1 aliphatic heterocycles. The van der Waals surface area contributed by atoms with E-state index in [1.807, 2.05) is 13.8 Å². The van der Waals surface area contributed by atoms with Gasteiger partial charge in [0, 0.05) is 11.5 Å². The summed E-state index contributed by atoms with van der Waals surface area (Å²) in [6, 6.07) is 6.31. The fourth-order valence-electron chi connectivity index (χ4n) is 5.29. The van der Waals surface area contributed by atoms with E-state index in [4.69, 9.17) is 9.57 Å². The van der Waals surface area contributed by atoms with E-state index in [9.17, 15) is 15.2 Å². The van der Waals surface area contributed by atoms with Gasteiger partial charge in [-0.15, -0.1) is 10.1 Å². The Balaban J connectivity index is 1.89. The fraction of sp³-hybridized carbons (Fsp3) is 0.750. The number of unbranched alkanes of at least 4 members (excludes halogenated alkanes) is 3. The van der Waals surface area contributed by atoms with Crippen LogP contribution in [0.25, 0.3) is 0 Å². The number of fused-ring (bicyclic) bond motifs is 3. The Bertz CT molecular complexity index is 775. The van der Waals surface area contributed by atoms with Crippen molar-refractivity contribution < 1.29 is 19.8 Å². The smallest absolute Gasteiger partial charge is 0.294 e. The predicted octanol–water partition coefficient (Wildman–Crippen LogP) is 5.68. The van der Waals surface area contributed by atoms with Crippen LogP contribution in [0.5, 0.6) is 5.75 Å². The highest BCUT2D eigenvalue weighted by molar-refractivity contribution is 5.47. The van der Waals surface area contributed by atoms with Crippen LogP contribution in [0.1, 0.15) is 103 Å². The Hall–Kier alpha value is -1.82. The minimum atomic E-state index is -1.08. The summed E-state index contributed by atoms with van der Waals surface area (Å²) in [6.07, 6.45) is 6.83. The molecule has 3 atom stereocenters. The molecule has 1 aliphatic carbocycles. The summed E-state index contributed by atoms with van der Waals surface area (Å²) in [5.74, 6) is 0.534. The van der Waals surface area contributed by atoms with Crippen LogP contribution in [0.3, 0.4) is 0 Å². The molecule has 0 aromatic heterocycles. The first-order valence-corrected chi connectivity index (χ1v) is 11.4. The Morgan fingerprint density at radius 1 is 1.30 bits per heavy atom. The maximum atomic E-state index is 11.6. The summed E-state index contributed by atoms with van der Waals surface area (Å²) >= 11 is 0. The van der Waals surface area contributed by atoms with Crippen LogP contribution in [0, 0.1) is 10.1 Å². The second kappa shape index (κ2) is 8.37. The first-order valence-electron chi connectivity index (χ1n) is 11.4. The molecule has 3 rings (SSSR count). The van der Waals surface area contributed by atoms with Crippen LogP contribution in [-0.2, 0) is 10.3 Å². The van der Waals surface area contributed by atoms with Crippen LogP contribution in [0.4, 0.5) is 0 Å². The fourth-order valence-corrected chi connectivity index (χ4v) is 5.29. The summed E-state index contributed by atoms with van der Waals surface area (Å²) in [4.78, 5) is 15.7. The SMILES string of the molecule is CCCCCCC(C)(C)c1ccc2c(c1)OC(C)(C)[C@@]1(O)CC[C@@H](O[N+](=O)[O-])C[C@H]21. The monoisotopic (exact) mass is 419 g/mol. The van der Waals surface area contributed by atoms with Crippen molar-refractivity contribution in [3.05, 3.63) is 39.4 Å². The quantitative estimate of drug-likeness (QED) is 0.333. The molecule has 1 saturated carbocycles. The molecule has 0 unspecified atom stereocenters. The Morgan fingerprint density at radius 3 is 2.70 bits per heavy atom. The van der Waals surface area contributed by atoms with Gasteiger partial charge in [0.05, 0.1) is 0 Å². The van der Waals surface area contributed by atoms with E-state index in [1.165, 1.54) is 31.2 Å². The minimum absolute atomic E-state index is 0.0356. The maximum Gasteiger partial charge on any atom is 0.294 e. The molecule has 0 radical (unpaired) electrons. The largest absolute Gasteiger partial charge is 0.485 e. The van der Waals surface area contributed by atoms with Crippen molar-refractivity contribution in [2.45, 2.75) is 115 Å². The third-order valence-electron chi connectivity index (χ3n) is 7.39. The third kappa shape index (κ3) is 4.29. The van der Waals surface area contributed by atoms with E-state index in [0.29, 0.717) is 19.3 Å². The van der Waals surface area contributed by atoms with Crippen LogP contribution >= 0.6 is 0 Å². The van der Waals surface area contributed by atoms with Crippen molar-refractivity contribution in [1.82, 2.24) is 0 Å². The first-order chi connectivity index (χ1) is 14.0. The Morgan fingerprint density at radius 2 is 2.03 bits per heavy atom. The zero-order chi connectivity index (χ0) is 22.2. The average Bonchev–Trinajstić information content (AvgIpc) is 2.65. The molecule has 0 spiro atoms. The first kappa shape index (κ1) is 22.9. The van der Waals surface area contributed by atoms with Gasteiger partial charge >= 0.3 is 0 Å². The van der Waals surface area contributed by atoms with Gasteiger partial charge in [-0.25, -0.2) is 0 Å². The summed E-state index contributed by atoms with van der Waals surface area (Å²) < 4.78 is 6.36. The van der Waals surface area contributed by atoms with Gasteiger partial charge in [-0.2, -0.15) is 0 Å². The molecule has 6 heteroatoms. The minimum Gasteiger partial charge on any atom is -0.485 e. The zero-order valence-corrected chi connectivity index (χ0v) is 19.1. The molecule has 30 heavy (non-hydrogen) atoms. The van der Waals surface area contributed by atoms with Crippen molar-refractivity contribution in [3.63, 3.8) is 0 Å². The van der Waals surface area contributed by atoms with Gasteiger partial charge < -0.3 is 14.7 Å². The van der Waals surface area contributed by atoms with E-state index in [-0.39, 0.29) is 11.3 Å². The number of aliphatic hydroxyl groups is 1. The molecule has 0 bridgehead atoms. The Labute approximate surface area is 180 Å². The average molecular weight is 420 g/mol. The van der Waals surface area contributed by atoms with E-state index < -0.39 is 22.4 Å². The van der Waals surface area contributed by atoms with Crippen LogP contribution in [0.2, 0.25) is 0 Å². The van der Waals surface area contributed by atoms with E-state index in [0.717, 1.165) is 17.7 Å². The highest BCUT2D eigenvalue weighted by Crippen LogP contribution is 2.55. The van der Waals surface area contributed by atoms with Gasteiger partial charge in [-0.3, -0.25) is 0 Å². The normalized spacial score (nSPS) is 27.5. The van der Waals surface area contributed by atoms with Gasteiger partial charge in [0.1, 0.15) is 23.1 Å². The lowest BCUT2D eigenvalue weighted by atomic mass is 9.62. The molecule has 0 saturated heterocycles. The topological polar surface area (TPSA) is 81.8 Å². The number of hydrogen-bond acceptors (Lipinski definition) is 5. The van der Waals surface area contributed by atoms with E-state index >= 15 is 0 Å². The summed E-state index contributed by atoms with van der Waals surface area (Å²) in [7, 11) is 0. The predicted molar refractivity (Wildman–Crippen MR) is 116 cm³/mol. The lowest BCUT2D eigenvalue weighted by molar-refractivity contribution is -0.769. The van der Waals surface area contributed by atoms with Crippen molar-refractivity contribution in [2.75, 3.05) is 0 Å².